The molecule has 2 aromatic rings. The van der Waals surface area contributed by atoms with Gasteiger partial charge in [0.15, 0.2) is 5.82 Å². The molecule has 0 aliphatic rings. The fraction of sp³-hybridized carbons (Fsp3) is 0.364. The highest BCUT2D eigenvalue weighted by molar-refractivity contribution is 6.30. The van der Waals surface area contributed by atoms with Crippen LogP contribution in [-0.4, -0.2) is 26.9 Å². The molecule has 0 bridgehead atoms. The second kappa shape index (κ2) is 5.22. The van der Waals surface area contributed by atoms with E-state index in [4.69, 9.17) is 16.3 Å². The van der Waals surface area contributed by atoms with Gasteiger partial charge in [0.25, 0.3) is 0 Å². The average Bonchev–Trinajstić information content (AvgIpc) is 2.70. The number of rotatable bonds is 4. The summed E-state index contributed by atoms with van der Waals surface area (Å²) in [6, 6.07) is 1.79. The molecule has 0 saturated heterocycles. The summed E-state index contributed by atoms with van der Waals surface area (Å²) in [5.74, 6) is 1.98. The Bertz CT molecular complexity index is 554. The van der Waals surface area contributed by atoms with E-state index in [1.165, 1.54) is 6.33 Å². The summed E-state index contributed by atoms with van der Waals surface area (Å²) < 4.78 is 6.78. The van der Waals surface area contributed by atoms with E-state index < -0.39 is 0 Å². The number of nitrogens with one attached hydrogen (secondary N) is 1. The van der Waals surface area contributed by atoms with Crippen molar-refractivity contribution in [2.45, 2.75) is 13.3 Å². The van der Waals surface area contributed by atoms with Gasteiger partial charge in [0.05, 0.1) is 7.11 Å². The van der Waals surface area contributed by atoms with Crippen LogP contribution in [0, 0.1) is 0 Å². The molecule has 0 spiro atoms. The van der Waals surface area contributed by atoms with Crippen LogP contribution in [0.25, 0.3) is 0 Å². The lowest BCUT2D eigenvalue weighted by molar-refractivity contribution is 0.373. The molecule has 6 nitrogen and oxygen atoms in total. The average molecular weight is 268 g/mol. The summed E-state index contributed by atoms with van der Waals surface area (Å²) in [5, 5.41) is 7.83. The van der Waals surface area contributed by atoms with Gasteiger partial charge in [0, 0.05) is 18.7 Å². The molecule has 0 aromatic carbocycles. The zero-order valence-corrected chi connectivity index (χ0v) is 11.2. The van der Waals surface area contributed by atoms with Gasteiger partial charge in [-0.15, -0.1) is 0 Å². The number of aryl methyl sites for hydroxylation is 1. The van der Waals surface area contributed by atoms with Crippen LogP contribution in [0.3, 0.4) is 0 Å². The number of nitrogens with zero attached hydrogens (tertiary/aromatic N) is 4. The molecule has 96 valence electrons. The maximum Gasteiger partial charge on any atom is 0.213 e. The van der Waals surface area contributed by atoms with Crippen molar-refractivity contribution >= 4 is 23.2 Å². The third kappa shape index (κ3) is 2.38. The van der Waals surface area contributed by atoms with Crippen LogP contribution in [0.15, 0.2) is 12.4 Å². The van der Waals surface area contributed by atoms with Gasteiger partial charge in [-0.2, -0.15) is 5.10 Å². The van der Waals surface area contributed by atoms with Crippen LogP contribution in [0.5, 0.6) is 5.88 Å². The van der Waals surface area contributed by atoms with Crippen molar-refractivity contribution in [1.29, 1.82) is 0 Å². The van der Waals surface area contributed by atoms with E-state index >= 15 is 0 Å². The first-order valence-corrected chi connectivity index (χ1v) is 5.88. The lowest BCUT2D eigenvalue weighted by Gasteiger charge is -2.07. The molecule has 0 aliphatic carbocycles. The van der Waals surface area contributed by atoms with E-state index in [1.54, 1.807) is 24.9 Å². The van der Waals surface area contributed by atoms with E-state index in [0.717, 1.165) is 12.0 Å². The summed E-state index contributed by atoms with van der Waals surface area (Å²) in [5.41, 5.74) is 0.865. The van der Waals surface area contributed by atoms with Crippen LogP contribution in [-0.2, 0) is 13.5 Å². The fourth-order valence-corrected chi connectivity index (χ4v) is 1.90. The van der Waals surface area contributed by atoms with Gasteiger partial charge in [-0.1, -0.05) is 18.5 Å². The van der Waals surface area contributed by atoms with Crippen molar-refractivity contribution in [1.82, 2.24) is 19.7 Å². The first kappa shape index (κ1) is 12.6. The summed E-state index contributed by atoms with van der Waals surface area (Å²) in [6.45, 7) is 1.99. The first-order valence-electron chi connectivity index (χ1n) is 5.50. The lowest BCUT2D eigenvalue weighted by Crippen LogP contribution is -2.01. The summed E-state index contributed by atoms with van der Waals surface area (Å²) >= 11 is 6.02. The predicted octanol–water partition coefficient (Wildman–Crippen LogP) is 2.18. The quantitative estimate of drug-likeness (QED) is 0.860. The molecule has 0 saturated carbocycles. The number of halogens is 1. The van der Waals surface area contributed by atoms with Gasteiger partial charge >= 0.3 is 0 Å². The van der Waals surface area contributed by atoms with E-state index in [9.17, 15) is 0 Å². The zero-order chi connectivity index (χ0) is 13.1. The Balaban J connectivity index is 2.30. The lowest BCUT2D eigenvalue weighted by atomic mass is 10.2. The van der Waals surface area contributed by atoms with Crippen molar-refractivity contribution in [3.63, 3.8) is 0 Å². The standard InChI is InChI=1S/C11H14ClN5O/c1-4-7-10(12)13-6-14-11(7)15-8-5-9(18-3)17(2)16-8/h5-6H,4H2,1-3H3,(H,13,14,15,16). The highest BCUT2D eigenvalue weighted by Crippen LogP contribution is 2.24. The van der Waals surface area contributed by atoms with Gasteiger partial charge in [-0.25, -0.2) is 14.6 Å². The van der Waals surface area contributed by atoms with E-state index in [2.05, 4.69) is 20.4 Å². The molecule has 7 heteroatoms. The molecular weight excluding hydrogens is 254 g/mol. The third-order valence-electron chi connectivity index (χ3n) is 2.54. The van der Waals surface area contributed by atoms with Crippen molar-refractivity contribution in [3.8, 4) is 5.88 Å². The minimum absolute atomic E-state index is 0.456. The van der Waals surface area contributed by atoms with Crippen LogP contribution in [0.1, 0.15) is 12.5 Å². The van der Waals surface area contributed by atoms with E-state index in [-0.39, 0.29) is 0 Å². The zero-order valence-electron chi connectivity index (χ0n) is 10.4. The van der Waals surface area contributed by atoms with Gasteiger partial charge in [0.1, 0.15) is 17.3 Å². The van der Waals surface area contributed by atoms with Crippen LogP contribution >= 0.6 is 11.6 Å². The van der Waals surface area contributed by atoms with Crippen LogP contribution < -0.4 is 10.1 Å². The fourth-order valence-electron chi connectivity index (χ4n) is 1.64. The Morgan fingerprint density at radius 1 is 1.44 bits per heavy atom. The normalized spacial score (nSPS) is 10.4. The van der Waals surface area contributed by atoms with Crippen molar-refractivity contribution in [2.75, 3.05) is 12.4 Å². The topological polar surface area (TPSA) is 64.9 Å². The monoisotopic (exact) mass is 267 g/mol. The highest BCUT2D eigenvalue weighted by Gasteiger charge is 2.11. The van der Waals surface area contributed by atoms with Crippen molar-refractivity contribution < 1.29 is 4.74 Å². The number of hydrogen-bond acceptors (Lipinski definition) is 5. The second-order valence-electron chi connectivity index (χ2n) is 3.67. The van der Waals surface area contributed by atoms with Gasteiger partial charge in [-0.3, -0.25) is 0 Å². The number of methoxy groups -OCH3 is 1. The number of ether oxygens (including phenoxy) is 1. The van der Waals surface area contributed by atoms with Gasteiger partial charge in [0.2, 0.25) is 5.88 Å². The Morgan fingerprint density at radius 2 is 2.22 bits per heavy atom. The maximum atomic E-state index is 6.02. The van der Waals surface area contributed by atoms with E-state index in [0.29, 0.717) is 22.7 Å². The number of hydrogen-bond donors (Lipinski definition) is 1. The molecule has 18 heavy (non-hydrogen) atoms. The minimum Gasteiger partial charge on any atom is -0.481 e. The molecular formula is C11H14ClN5O. The van der Waals surface area contributed by atoms with Gasteiger partial charge < -0.3 is 10.1 Å². The third-order valence-corrected chi connectivity index (χ3v) is 2.86. The summed E-state index contributed by atoms with van der Waals surface area (Å²) in [6.07, 6.45) is 2.16. The molecule has 0 radical (unpaired) electrons. The largest absolute Gasteiger partial charge is 0.481 e. The van der Waals surface area contributed by atoms with Gasteiger partial charge in [-0.05, 0) is 6.42 Å². The Labute approximate surface area is 110 Å². The van der Waals surface area contributed by atoms with E-state index in [1.807, 2.05) is 6.92 Å². The van der Waals surface area contributed by atoms with Crippen molar-refractivity contribution in [3.05, 3.63) is 23.1 Å². The second-order valence-corrected chi connectivity index (χ2v) is 4.02. The van der Waals surface area contributed by atoms with Crippen molar-refractivity contribution in [2.24, 2.45) is 7.05 Å². The first-order chi connectivity index (χ1) is 8.65. The minimum atomic E-state index is 0.456. The summed E-state index contributed by atoms with van der Waals surface area (Å²) in [4.78, 5) is 8.13. The molecule has 0 aliphatic heterocycles. The molecule has 2 heterocycles. The smallest absolute Gasteiger partial charge is 0.213 e. The predicted molar refractivity (Wildman–Crippen MR) is 69.5 cm³/mol. The molecule has 2 aromatic heterocycles. The Kier molecular flexibility index (Phi) is 3.66. The Morgan fingerprint density at radius 3 is 2.83 bits per heavy atom. The summed E-state index contributed by atoms with van der Waals surface area (Å²) in [7, 11) is 3.40. The molecule has 0 fully saturated rings. The molecule has 0 atom stereocenters. The SMILES string of the molecule is CCc1c(Cl)ncnc1Nc1cc(OC)n(C)n1. The molecule has 0 amide bonds. The molecule has 2 rings (SSSR count). The van der Waals surface area contributed by atoms with Crippen LogP contribution in [0.2, 0.25) is 5.15 Å². The Hall–Kier alpha value is -1.82. The number of aromatic nitrogens is 4. The maximum absolute atomic E-state index is 6.02. The molecule has 1 N–H and O–H groups in total. The highest BCUT2D eigenvalue weighted by atomic mass is 35.5. The molecule has 0 unspecified atom stereocenters. The van der Waals surface area contributed by atoms with Crippen LogP contribution in [0.4, 0.5) is 11.6 Å². The number of anilines is 2.